The number of esters is 3. The fraction of sp³-hybridized carbons (Fsp3) is 0.587. The summed E-state index contributed by atoms with van der Waals surface area (Å²) in [6.07, 6.45) is 99.3. The van der Waals surface area contributed by atoms with Crippen LogP contribution in [0.5, 0.6) is 0 Å². The minimum Gasteiger partial charge on any atom is -0.462 e. The lowest BCUT2D eigenvalue weighted by molar-refractivity contribution is -0.167. The van der Waals surface area contributed by atoms with Crippen LogP contribution in [-0.2, 0) is 28.6 Å². The molecule has 1 unspecified atom stereocenters. The van der Waals surface area contributed by atoms with Crippen molar-refractivity contribution >= 4 is 17.9 Å². The monoisotopic (exact) mass is 1110 g/mol. The van der Waals surface area contributed by atoms with Gasteiger partial charge in [0.15, 0.2) is 6.10 Å². The Morgan fingerprint density at radius 1 is 0.247 bits per heavy atom. The van der Waals surface area contributed by atoms with E-state index >= 15 is 0 Å². The molecule has 0 bridgehead atoms. The molecule has 0 radical (unpaired) electrons. The molecule has 454 valence electrons. The van der Waals surface area contributed by atoms with Gasteiger partial charge in [0.1, 0.15) is 13.2 Å². The average molecular weight is 1120 g/mol. The third-order valence-electron chi connectivity index (χ3n) is 13.2. The summed E-state index contributed by atoms with van der Waals surface area (Å²) in [6, 6.07) is 0. The summed E-state index contributed by atoms with van der Waals surface area (Å²) in [5.74, 6) is -0.972. The van der Waals surface area contributed by atoms with Crippen LogP contribution in [0.1, 0.15) is 265 Å². The van der Waals surface area contributed by atoms with Gasteiger partial charge in [0.05, 0.1) is 0 Å². The van der Waals surface area contributed by atoms with Gasteiger partial charge < -0.3 is 14.2 Å². The van der Waals surface area contributed by atoms with Crippen LogP contribution < -0.4 is 0 Å². The fourth-order valence-corrected chi connectivity index (χ4v) is 8.43. The Kier molecular flexibility index (Phi) is 62.9. The maximum atomic E-state index is 12.9. The first-order chi connectivity index (χ1) is 40.0. The SMILES string of the molecule is CC/C=C\C/C=C\C/C=C\C/C=C\C/C=C\C/C=C\CCCCCCCCC(=O)OCC(COC(=O)CCCC/C=C\C/C=C\C/C=C\C/C=C\CC)OC(=O)CCCCCCCCCCCC/C=C\C/C=C\C/C=C\C/C=C\CC. The summed E-state index contributed by atoms with van der Waals surface area (Å²) in [5, 5.41) is 0. The molecule has 0 aromatic heterocycles. The molecule has 0 aliphatic carbocycles. The van der Waals surface area contributed by atoms with Gasteiger partial charge in [-0.05, 0) is 148 Å². The van der Waals surface area contributed by atoms with Gasteiger partial charge >= 0.3 is 17.9 Å². The van der Waals surface area contributed by atoms with Gasteiger partial charge in [0, 0.05) is 19.3 Å². The summed E-state index contributed by atoms with van der Waals surface area (Å²) in [4.78, 5) is 38.4. The van der Waals surface area contributed by atoms with Crippen LogP contribution in [0.2, 0.25) is 0 Å². The molecule has 0 heterocycles. The second-order valence-electron chi connectivity index (χ2n) is 20.9. The molecular weight excluding hydrogens is 997 g/mol. The van der Waals surface area contributed by atoms with Gasteiger partial charge in [-0.25, -0.2) is 0 Å². The zero-order valence-corrected chi connectivity index (χ0v) is 52.0. The molecule has 6 heteroatoms. The number of hydrogen-bond donors (Lipinski definition) is 0. The Morgan fingerprint density at radius 3 is 0.716 bits per heavy atom. The molecule has 81 heavy (non-hydrogen) atoms. The quantitative estimate of drug-likeness (QED) is 0.0261. The molecule has 0 saturated carbocycles. The van der Waals surface area contributed by atoms with E-state index in [-0.39, 0.29) is 31.1 Å². The van der Waals surface area contributed by atoms with Gasteiger partial charge in [0.25, 0.3) is 0 Å². The third-order valence-corrected chi connectivity index (χ3v) is 13.2. The standard InChI is InChI=1S/C75H118O6/c1-4-7-10-13-16-19-22-25-28-30-32-34-36-37-39-40-42-44-47-50-53-56-59-62-65-68-74(77)80-71-72(70-79-73(76)67-64-61-58-55-52-49-46-27-24-21-18-15-12-9-6-3)81-75(78)69-66-63-60-57-54-51-48-45-43-41-38-35-33-31-29-26-23-20-17-14-11-8-5-2/h7-12,16-21,25-29,32-35,37,39,42,44,46,52,55,72H,4-6,13-15,22-24,30-31,36,38,40-41,43,45,47-51,53-54,56-71H2,1-3H3/b10-7-,11-8-,12-9-,19-16-,20-17-,21-18-,28-25-,29-26-,34-32-,35-33-,39-37-,44-42-,46-27-,55-52-. The van der Waals surface area contributed by atoms with E-state index in [0.29, 0.717) is 25.7 Å². The summed E-state index contributed by atoms with van der Waals surface area (Å²) < 4.78 is 16.9. The van der Waals surface area contributed by atoms with Crippen molar-refractivity contribution in [3.63, 3.8) is 0 Å². The number of ether oxygens (including phenoxy) is 3. The number of unbranched alkanes of at least 4 members (excludes halogenated alkanes) is 18. The Balaban J connectivity index is 4.47. The van der Waals surface area contributed by atoms with Crippen LogP contribution in [-0.4, -0.2) is 37.2 Å². The number of carbonyl (C=O) groups is 3. The van der Waals surface area contributed by atoms with Crippen molar-refractivity contribution in [1.29, 1.82) is 0 Å². The van der Waals surface area contributed by atoms with Crippen LogP contribution >= 0.6 is 0 Å². The number of rotatable bonds is 57. The molecule has 0 spiro atoms. The highest BCUT2D eigenvalue weighted by atomic mass is 16.6. The van der Waals surface area contributed by atoms with Crippen molar-refractivity contribution in [2.24, 2.45) is 0 Å². The van der Waals surface area contributed by atoms with Crippen LogP contribution in [0.15, 0.2) is 170 Å². The zero-order chi connectivity index (χ0) is 58.5. The highest BCUT2D eigenvalue weighted by molar-refractivity contribution is 5.71. The second-order valence-corrected chi connectivity index (χ2v) is 20.9. The first-order valence-corrected chi connectivity index (χ1v) is 32.6. The molecule has 0 amide bonds. The first kappa shape index (κ1) is 75.8. The largest absolute Gasteiger partial charge is 0.462 e. The van der Waals surface area contributed by atoms with Crippen molar-refractivity contribution in [1.82, 2.24) is 0 Å². The number of hydrogen-bond acceptors (Lipinski definition) is 6. The zero-order valence-electron chi connectivity index (χ0n) is 52.0. The normalized spacial score (nSPS) is 13.3. The highest BCUT2D eigenvalue weighted by Gasteiger charge is 2.19. The fourth-order valence-electron chi connectivity index (χ4n) is 8.43. The number of allylic oxidation sites excluding steroid dienone is 28. The summed E-state index contributed by atoms with van der Waals surface area (Å²) in [5.41, 5.74) is 0. The predicted molar refractivity (Wildman–Crippen MR) is 352 cm³/mol. The van der Waals surface area contributed by atoms with E-state index in [1.54, 1.807) is 0 Å². The molecule has 0 aliphatic heterocycles. The van der Waals surface area contributed by atoms with Gasteiger partial charge in [0.2, 0.25) is 0 Å². The van der Waals surface area contributed by atoms with E-state index in [1.807, 2.05) is 0 Å². The lowest BCUT2D eigenvalue weighted by Gasteiger charge is -2.18. The van der Waals surface area contributed by atoms with E-state index in [0.717, 1.165) is 154 Å². The van der Waals surface area contributed by atoms with Crippen molar-refractivity contribution in [3.8, 4) is 0 Å². The lowest BCUT2D eigenvalue weighted by atomic mass is 10.0. The van der Waals surface area contributed by atoms with Crippen molar-refractivity contribution in [2.45, 2.75) is 271 Å². The molecule has 0 saturated heterocycles. The van der Waals surface area contributed by atoms with Gasteiger partial charge in [-0.15, -0.1) is 0 Å². The second kappa shape index (κ2) is 67.3. The van der Waals surface area contributed by atoms with Crippen molar-refractivity contribution in [2.75, 3.05) is 13.2 Å². The minimum atomic E-state index is -0.815. The topological polar surface area (TPSA) is 78.9 Å². The van der Waals surface area contributed by atoms with Crippen LogP contribution in [0, 0.1) is 0 Å². The number of carbonyl (C=O) groups excluding carboxylic acids is 3. The Hall–Kier alpha value is -5.23. The third kappa shape index (κ3) is 65.5. The molecular formula is C75H118O6. The van der Waals surface area contributed by atoms with Crippen molar-refractivity contribution in [3.05, 3.63) is 170 Å². The first-order valence-electron chi connectivity index (χ1n) is 32.6. The molecule has 0 rings (SSSR count). The summed E-state index contributed by atoms with van der Waals surface area (Å²) in [6.45, 7) is 6.25. The van der Waals surface area contributed by atoms with Crippen LogP contribution in [0.25, 0.3) is 0 Å². The summed E-state index contributed by atoms with van der Waals surface area (Å²) >= 11 is 0. The summed E-state index contributed by atoms with van der Waals surface area (Å²) in [7, 11) is 0. The molecule has 0 aromatic rings. The Bertz CT molecular complexity index is 1860. The van der Waals surface area contributed by atoms with Crippen LogP contribution in [0.4, 0.5) is 0 Å². The molecule has 0 aliphatic rings. The van der Waals surface area contributed by atoms with E-state index in [9.17, 15) is 14.4 Å². The highest BCUT2D eigenvalue weighted by Crippen LogP contribution is 2.15. The smallest absolute Gasteiger partial charge is 0.306 e. The maximum Gasteiger partial charge on any atom is 0.306 e. The van der Waals surface area contributed by atoms with E-state index in [4.69, 9.17) is 14.2 Å². The van der Waals surface area contributed by atoms with Crippen molar-refractivity contribution < 1.29 is 28.6 Å². The van der Waals surface area contributed by atoms with E-state index in [2.05, 4.69) is 191 Å². The molecule has 0 aromatic carbocycles. The minimum absolute atomic E-state index is 0.108. The Morgan fingerprint density at radius 2 is 0.444 bits per heavy atom. The van der Waals surface area contributed by atoms with Gasteiger partial charge in [-0.2, -0.15) is 0 Å². The van der Waals surface area contributed by atoms with Gasteiger partial charge in [-0.1, -0.05) is 268 Å². The van der Waals surface area contributed by atoms with Gasteiger partial charge in [-0.3, -0.25) is 14.4 Å². The lowest BCUT2D eigenvalue weighted by Crippen LogP contribution is -2.30. The molecule has 0 fully saturated rings. The Labute approximate surface area is 498 Å². The average Bonchev–Trinajstić information content (AvgIpc) is 3.47. The van der Waals surface area contributed by atoms with E-state index in [1.165, 1.54) is 64.2 Å². The predicted octanol–water partition coefficient (Wildman–Crippen LogP) is 22.7. The van der Waals surface area contributed by atoms with Crippen LogP contribution in [0.3, 0.4) is 0 Å². The van der Waals surface area contributed by atoms with E-state index < -0.39 is 6.10 Å². The molecule has 0 N–H and O–H groups in total. The maximum absolute atomic E-state index is 12.9. The molecule has 1 atom stereocenters. The molecule has 6 nitrogen and oxygen atoms in total.